The molecule has 7 heteroatoms. The predicted molar refractivity (Wildman–Crippen MR) is 146 cm³/mol. The molecule has 2 aromatic carbocycles. The van der Waals surface area contributed by atoms with Gasteiger partial charge in [0.2, 0.25) is 0 Å². The molecule has 1 N–H and O–H groups in total. The Morgan fingerprint density at radius 3 is 2.36 bits per heavy atom. The van der Waals surface area contributed by atoms with E-state index in [2.05, 4.69) is 51.7 Å². The Kier molecular flexibility index (Phi) is 13.0. The monoisotopic (exact) mass is 513 g/mol. The molecule has 0 heterocycles. The SMILES string of the molecule is C=CC(=O)OCCNC(=O)OC(COc1ccc(C(C(C)C)C(C)CC)cc1)CSc1ccccc1. The number of thioether (sulfide) groups is 1. The van der Waals surface area contributed by atoms with Gasteiger partial charge < -0.3 is 19.5 Å². The summed E-state index contributed by atoms with van der Waals surface area (Å²) in [6.45, 7) is 12.8. The fourth-order valence-corrected chi connectivity index (χ4v) is 4.87. The summed E-state index contributed by atoms with van der Waals surface area (Å²) < 4.78 is 16.5. The summed E-state index contributed by atoms with van der Waals surface area (Å²) in [7, 11) is 0. The van der Waals surface area contributed by atoms with E-state index < -0.39 is 18.2 Å². The fraction of sp³-hybridized carbons (Fsp3) is 0.448. The van der Waals surface area contributed by atoms with Crippen LogP contribution in [-0.2, 0) is 14.3 Å². The number of amides is 1. The largest absolute Gasteiger partial charge is 0.490 e. The number of rotatable bonds is 15. The number of hydrogen-bond donors (Lipinski definition) is 1. The van der Waals surface area contributed by atoms with E-state index in [1.165, 1.54) is 5.56 Å². The highest BCUT2D eigenvalue weighted by Crippen LogP contribution is 2.34. The van der Waals surface area contributed by atoms with Crippen molar-refractivity contribution in [1.82, 2.24) is 5.32 Å². The van der Waals surface area contributed by atoms with Crippen LogP contribution < -0.4 is 10.1 Å². The number of nitrogens with one attached hydrogen (secondary N) is 1. The Morgan fingerprint density at radius 2 is 1.75 bits per heavy atom. The van der Waals surface area contributed by atoms with Crippen LogP contribution in [0.4, 0.5) is 4.79 Å². The molecule has 6 nitrogen and oxygen atoms in total. The molecule has 0 spiro atoms. The van der Waals surface area contributed by atoms with Gasteiger partial charge in [0.1, 0.15) is 25.1 Å². The lowest BCUT2D eigenvalue weighted by Gasteiger charge is -2.27. The Labute approximate surface area is 219 Å². The normalized spacial score (nSPS) is 13.4. The topological polar surface area (TPSA) is 73.9 Å². The van der Waals surface area contributed by atoms with Crippen molar-refractivity contribution in [2.24, 2.45) is 11.8 Å². The zero-order valence-electron chi connectivity index (χ0n) is 21.8. The molecule has 0 saturated carbocycles. The standard InChI is InChI=1S/C29H39NO5S/c1-6-22(5)28(21(3)4)23-13-15-24(16-14-23)34-19-25(20-36-26-11-9-8-10-12-26)35-29(32)30-17-18-33-27(31)7-2/h7-16,21-22,25,28H,2,6,17-20H2,1,3-5H3,(H,30,32). The molecular formula is C29H39NO5S. The van der Waals surface area contributed by atoms with E-state index >= 15 is 0 Å². The lowest BCUT2D eigenvalue weighted by Crippen LogP contribution is -2.35. The molecule has 0 aliphatic carbocycles. The highest BCUT2D eigenvalue weighted by Gasteiger charge is 2.22. The molecule has 2 aromatic rings. The van der Waals surface area contributed by atoms with E-state index in [-0.39, 0.29) is 19.8 Å². The maximum atomic E-state index is 12.3. The van der Waals surface area contributed by atoms with Crippen molar-refractivity contribution in [3.8, 4) is 5.75 Å². The molecule has 0 radical (unpaired) electrons. The number of hydrogen-bond acceptors (Lipinski definition) is 6. The second kappa shape index (κ2) is 15.9. The Hall–Kier alpha value is -2.93. The first kappa shape index (κ1) is 29.3. The van der Waals surface area contributed by atoms with Crippen LogP contribution in [0.1, 0.15) is 45.6 Å². The third-order valence-corrected chi connectivity index (χ3v) is 7.06. The number of carbonyl (C=O) groups is 2. The summed E-state index contributed by atoms with van der Waals surface area (Å²) >= 11 is 1.59. The Balaban J connectivity index is 1.96. The average Bonchev–Trinajstić information content (AvgIpc) is 2.89. The van der Waals surface area contributed by atoms with Gasteiger partial charge in [0.15, 0.2) is 0 Å². The molecule has 3 unspecified atom stereocenters. The van der Waals surface area contributed by atoms with Gasteiger partial charge in [-0.25, -0.2) is 9.59 Å². The number of ether oxygens (including phenoxy) is 3. The molecule has 0 fully saturated rings. The van der Waals surface area contributed by atoms with E-state index in [1.54, 1.807) is 11.8 Å². The van der Waals surface area contributed by atoms with E-state index in [0.717, 1.165) is 23.1 Å². The van der Waals surface area contributed by atoms with Gasteiger partial charge in [-0.3, -0.25) is 0 Å². The van der Waals surface area contributed by atoms with Gasteiger partial charge >= 0.3 is 12.1 Å². The zero-order chi connectivity index (χ0) is 26.3. The molecule has 1 amide bonds. The van der Waals surface area contributed by atoms with Gasteiger partial charge in [-0.05, 0) is 47.6 Å². The van der Waals surface area contributed by atoms with Crippen molar-refractivity contribution in [1.29, 1.82) is 0 Å². The van der Waals surface area contributed by atoms with Crippen LogP contribution in [0, 0.1) is 11.8 Å². The zero-order valence-corrected chi connectivity index (χ0v) is 22.6. The molecule has 0 aliphatic rings. The van der Waals surface area contributed by atoms with Crippen LogP contribution in [0.5, 0.6) is 5.75 Å². The number of carbonyl (C=O) groups excluding carboxylic acids is 2. The van der Waals surface area contributed by atoms with E-state index in [1.807, 2.05) is 42.5 Å². The average molecular weight is 514 g/mol. The van der Waals surface area contributed by atoms with Gasteiger partial charge in [-0.15, -0.1) is 11.8 Å². The molecule has 2 rings (SSSR count). The quantitative estimate of drug-likeness (QED) is 0.127. The summed E-state index contributed by atoms with van der Waals surface area (Å²) in [5.74, 6) is 2.38. The minimum absolute atomic E-state index is 0.0419. The molecule has 0 bridgehead atoms. The van der Waals surface area contributed by atoms with Crippen molar-refractivity contribution < 1.29 is 23.8 Å². The van der Waals surface area contributed by atoms with Crippen molar-refractivity contribution in [2.45, 2.75) is 51.0 Å². The molecule has 0 aromatic heterocycles. The van der Waals surface area contributed by atoms with Crippen LogP contribution in [0.25, 0.3) is 0 Å². The first-order valence-electron chi connectivity index (χ1n) is 12.5. The van der Waals surface area contributed by atoms with E-state index in [9.17, 15) is 9.59 Å². The first-order valence-corrected chi connectivity index (χ1v) is 13.5. The molecule has 0 aliphatic heterocycles. The van der Waals surface area contributed by atoms with E-state index in [4.69, 9.17) is 14.2 Å². The second-order valence-corrected chi connectivity index (χ2v) is 10.1. The lowest BCUT2D eigenvalue weighted by molar-refractivity contribution is -0.137. The first-order chi connectivity index (χ1) is 17.3. The number of esters is 1. The minimum atomic E-state index is -0.587. The second-order valence-electron chi connectivity index (χ2n) is 8.99. The van der Waals surface area contributed by atoms with Crippen molar-refractivity contribution >= 4 is 23.8 Å². The summed E-state index contributed by atoms with van der Waals surface area (Å²) in [5.41, 5.74) is 1.32. The van der Waals surface area contributed by atoms with Gasteiger partial charge in [-0.1, -0.05) is 71.0 Å². The van der Waals surface area contributed by atoms with Gasteiger partial charge in [0.05, 0.1) is 6.54 Å². The smallest absolute Gasteiger partial charge is 0.407 e. The third-order valence-electron chi connectivity index (χ3n) is 5.91. The minimum Gasteiger partial charge on any atom is -0.490 e. The Bertz CT molecular complexity index is 932. The molecule has 3 atom stereocenters. The van der Waals surface area contributed by atoms with Crippen LogP contribution >= 0.6 is 11.8 Å². The van der Waals surface area contributed by atoms with Gasteiger partial charge in [-0.2, -0.15) is 0 Å². The van der Waals surface area contributed by atoms with Gasteiger partial charge in [0, 0.05) is 16.7 Å². The highest BCUT2D eigenvalue weighted by atomic mass is 32.2. The maximum Gasteiger partial charge on any atom is 0.407 e. The van der Waals surface area contributed by atoms with Crippen molar-refractivity contribution in [3.63, 3.8) is 0 Å². The Morgan fingerprint density at radius 1 is 1.06 bits per heavy atom. The highest BCUT2D eigenvalue weighted by molar-refractivity contribution is 7.99. The van der Waals surface area contributed by atoms with E-state index in [0.29, 0.717) is 23.5 Å². The van der Waals surface area contributed by atoms with Crippen LogP contribution in [0.3, 0.4) is 0 Å². The van der Waals surface area contributed by atoms with Crippen LogP contribution in [-0.4, -0.2) is 43.7 Å². The summed E-state index contributed by atoms with van der Waals surface area (Å²) in [6, 6.07) is 18.2. The van der Waals surface area contributed by atoms with Crippen molar-refractivity contribution in [3.05, 3.63) is 72.8 Å². The number of benzene rings is 2. The van der Waals surface area contributed by atoms with Gasteiger partial charge in [0.25, 0.3) is 0 Å². The summed E-state index contributed by atoms with van der Waals surface area (Å²) in [4.78, 5) is 24.5. The molecular weight excluding hydrogens is 474 g/mol. The summed E-state index contributed by atoms with van der Waals surface area (Å²) in [5, 5.41) is 2.60. The lowest BCUT2D eigenvalue weighted by atomic mass is 9.78. The van der Waals surface area contributed by atoms with Crippen LogP contribution in [0.15, 0.2) is 72.1 Å². The molecule has 196 valence electrons. The number of alkyl carbamates (subject to hydrolysis) is 1. The fourth-order valence-electron chi connectivity index (χ4n) is 3.98. The third kappa shape index (κ3) is 10.4. The summed E-state index contributed by atoms with van der Waals surface area (Å²) in [6.07, 6.45) is 1.15. The molecule has 36 heavy (non-hydrogen) atoms. The van der Waals surface area contributed by atoms with Crippen LogP contribution in [0.2, 0.25) is 0 Å². The maximum absolute atomic E-state index is 12.3. The predicted octanol–water partition coefficient (Wildman–Crippen LogP) is 6.47. The molecule has 0 saturated heterocycles. The van der Waals surface area contributed by atoms with Crippen molar-refractivity contribution in [2.75, 3.05) is 25.5 Å².